The van der Waals surface area contributed by atoms with Crippen LogP contribution >= 0.6 is 0 Å². The van der Waals surface area contributed by atoms with E-state index in [2.05, 4.69) is 44.9 Å². The van der Waals surface area contributed by atoms with E-state index in [0.29, 0.717) is 39.0 Å². The number of likely N-dealkylation sites (N-methyl/N-ethyl adjacent to an activating group) is 2. The minimum absolute atomic E-state index is 0.0673. The van der Waals surface area contributed by atoms with Crippen LogP contribution in [-0.2, 0) is 9.59 Å². The van der Waals surface area contributed by atoms with Crippen LogP contribution in [0.15, 0.2) is 0 Å². The maximum Gasteiger partial charge on any atom is 0.221 e. The molecule has 4 N–H and O–H groups in total. The van der Waals surface area contributed by atoms with E-state index in [9.17, 15) is 9.59 Å². The Kier molecular flexibility index (Phi) is 18.3. The van der Waals surface area contributed by atoms with E-state index in [-0.39, 0.29) is 11.8 Å². The van der Waals surface area contributed by atoms with E-state index in [1.807, 2.05) is 14.1 Å². The van der Waals surface area contributed by atoms with Gasteiger partial charge in [0.15, 0.2) is 0 Å². The summed E-state index contributed by atoms with van der Waals surface area (Å²) in [5.41, 5.74) is 0. The number of hydrogen-bond acceptors (Lipinski definition) is 6. The molecule has 0 aliphatic heterocycles. The molecular weight excluding hydrogens is 356 g/mol. The average molecular weight is 401 g/mol. The summed E-state index contributed by atoms with van der Waals surface area (Å²) >= 11 is 0. The van der Waals surface area contributed by atoms with Crippen LogP contribution in [0.5, 0.6) is 0 Å². The van der Waals surface area contributed by atoms with Crippen molar-refractivity contribution in [2.75, 3.05) is 79.5 Å². The number of carbonyl (C=O) groups excluding carboxylic acids is 2. The van der Waals surface area contributed by atoms with Crippen LogP contribution in [0, 0.1) is 0 Å². The molecule has 0 aliphatic rings. The summed E-state index contributed by atoms with van der Waals surface area (Å²) < 4.78 is 0. The van der Waals surface area contributed by atoms with Gasteiger partial charge in [-0.25, -0.2) is 0 Å². The maximum atomic E-state index is 12.0. The minimum Gasteiger partial charge on any atom is -0.355 e. The Balaban J connectivity index is 4.46. The third-order valence-electron chi connectivity index (χ3n) is 4.52. The number of nitrogens with one attached hydrogen (secondary N) is 4. The van der Waals surface area contributed by atoms with E-state index >= 15 is 0 Å². The molecule has 0 bridgehead atoms. The molecule has 0 saturated heterocycles. The highest BCUT2D eigenvalue weighted by Gasteiger charge is 2.12. The van der Waals surface area contributed by atoms with Crippen LogP contribution in [0.2, 0.25) is 0 Å². The van der Waals surface area contributed by atoms with Gasteiger partial charge in [-0.2, -0.15) is 0 Å². The van der Waals surface area contributed by atoms with Crippen LogP contribution in [0.25, 0.3) is 0 Å². The Labute approximate surface area is 172 Å². The Morgan fingerprint density at radius 3 is 1.36 bits per heavy atom. The van der Waals surface area contributed by atoms with Gasteiger partial charge in [0.2, 0.25) is 11.8 Å². The maximum absolute atomic E-state index is 12.0. The van der Waals surface area contributed by atoms with Crippen molar-refractivity contribution in [3.8, 4) is 0 Å². The molecule has 0 aromatic heterocycles. The van der Waals surface area contributed by atoms with Gasteiger partial charge in [0.25, 0.3) is 0 Å². The zero-order valence-corrected chi connectivity index (χ0v) is 18.6. The molecule has 0 saturated carbocycles. The number of rotatable bonds is 19. The van der Waals surface area contributed by atoms with Crippen LogP contribution in [0.4, 0.5) is 0 Å². The van der Waals surface area contributed by atoms with E-state index in [1.165, 1.54) is 0 Å². The molecule has 0 radical (unpaired) electrons. The zero-order valence-electron chi connectivity index (χ0n) is 18.6. The molecule has 8 heteroatoms. The van der Waals surface area contributed by atoms with Gasteiger partial charge in [-0.05, 0) is 40.0 Å². The van der Waals surface area contributed by atoms with Crippen molar-refractivity contribution >= 4 is 11.8 Å². The first-order valence-electron chi connectivity index (χ1n) is 10.8. The summed E-state index contributed by atoms with van der Waals surface area (Å²) in [4.78, 5) is 28.7. The molecule has 166 valence electrons. The highest BCUT2D eigenvalue weighted by molar-refractivity contribution is 5.76. The highest BCUT2D eigenvalue weighted by atomic mass is 16.2. The fraction of sp³-hybridized carbons (Fsp3) is 0.900. The predicted octanol–water partition coefficient (Wildman–Crippen LogP) is -0.138. The Bertz CT molecular complexity index is 363. The van der Waals surface area contributed by atoms with Crippen molar-refractivity contribution in [2.24, 2.45) is 0 Å². The molecule has 0 rings (SSSR count). The van der Waals surface area contributed by atoms with E-state index in [0.717, 1.165) is 52.1 Å². The summed E-state index contributed by atoms with van der Waals surface area (Å²) in [6.07, 6.45) is 3.21. The van der Waals surface area contributed by atoms with Crippen molar-refractivity contribution in [1.82, 2.24) is 31.1 Å². The van der Waals surface area contributed by atoms with Crippen molar-refractivity contribution in [2.45, 2.75) is 39.5 Å². The summed E-state index contributed by atoms with van der Waals surface area (Å²) in [5.74, 6) is 0.135. The monoisotopic (exact) mass is 400 g/mol. The molecule has 0 aliphatic carbocycles. The smallest absolute Gasteiger partial charge is 0.221 e. The van der Waals surface area contributed by atoms with E-state index in [4.69, 9.17) is 0 Å². The lowest BCUT2D eigenvalue weighted by molar-refractivity contribution is -0.121. The largest absolute Gasteiger partial charge is 0.355 e. The van der Waals surface area contributed by atoms with Gasteiger partial charge in [0.05, 0.1) is 0 Å². The molecule has 0 aromatic rings. The average Bonchev–Trinajstić information content (AvgIpc) is 2.68. The summed E-state index contributed by atoms with van der Waals surface area (Å²) in [7, 11) is 3.74. The first kappa shape index (κ1) is 26.8. The van der Waals surface area contributed by atoms with Gasteiger partial charge in [-0.1, -0.05) is 13.8 Å². The number of carbonyl (C=O) groups is 2. The second-order valence-electron chi connectivity index (χ2n) is 7.09. The van der Waals surface area contributed by atoms with Crippen molar-refractivity contribution in [1.29, 1.82) is 0 Å². The Morgan fingerprint density at radius 1 is 0.607 bits per heavy atom. The number of nitrogens with zero attached hydrogens (tertiary/aromatic N) is 2. The lowest BCUT2D eigenvalue weighted by Gasteiger charge is -2.27. The fourth-order valence-corrected chi connectivity index (χ4v) is 2.94. The lowest BCUT2D eigenvalue weighted by atomic mass is 10.3. The van der Waals surface area contributed by atoms with Crippen LogP contribution in [0.1, 0.15) is 39.5 Å². The lowest BCUT2D eigenvalue weighted by Crippen LogP contribution is -2.40. The first-order chi connectivity index (χ1) is 13.6. The highest BCUT2D eigenvalue weighted by Crippen LogP contribution is 2.00. The SMILES string of the molecule is CCCN(CCC)CCN(CCC(=O)NCCNC)CCC(=O)NCCNC. The fourth-order valence-electron chi connectivity index (χ4n) is 2.94. The second kappa shape index (κ2) is 19.1. The van der Waals surface area contributed by atoms with Crippen LogP contribution in [-0.4, -0.2) is 101 Å². The quantitative estimate of drug-likeness (QED) is 0.226. The van der Waals surface area contributed by atoms with Gasteiger partial charge in [0.1, 0.15) is 0 Å². The predicted molar refractivity (Wildman–Crippen MR) is 117 cm³/mol. The zero-order chi connectivity index (χ0) is 21.0. The molecule has 2 amide bonds. The first-order valence-corrected chi connectivity index (χ1v) is 10.8. The van der Waals surface area contributed by atoms with Crippen LogP contribution < -0.4 is 21.3 Å². The minimum atomic E-state index is 0.0673. The van der Waals surface area contributed by atoms with Crippen LogP contribution in [0.3, 0.4) is 0 Å². The molecule has 0 atom stereocenters. The molecule has 28 heavy (non-hydrogen) atoms. The van der Waals surface area contributed by atoms with Gasteiger partial charge in [-0.3, -0.25) is 9.59 Å². The Hall–Kier alpha value is -1.22. The molecular formula is C20H44N6O2. The van der Waals surface area contributed by atoms with Crippen molar-refractivity contribution < 1.29 is 9.59 Å². The van der Waals surface area contributed by atoms with Gasteiger partial charge < -0.3 is 31.1 Å². The van der Waals surface area contributed by atoms with Gasteiger partial charge >= 0.3 is 0 Å². The summed E-state index contributed by atoms with van der Waals surface area (Å²) in [5, 5.41) is 11.9. The van der Waals surface area contributed by atoms with Gasteiger partial charge in [0, 0.05) is 65.2 Å². The molecule has 0 spiro atoms. The normalized spacial score (nSPS) is 11.2. The third-order valence-corrected chi connectivity index (χ3v) is 4.52. The molecule has 0 unspecified atom stereocenters. The van der Waals surface area contributed by atoms with Gasteiger partial charge in [-0.15, -0.1) is 0 Å². The molecule has 0 aromatic carbocycles. The Morgan fingerprint density at radius 2 is 1.00 bits per heavy atom. The number of amides is 2. The van der Waals surface area contributed by atoms with Crippen molar-refractivity contribution in [3.63, 3.8) is 0 Å². The molecule has 8 nitrogen and oxygen atoms in total. The third kappa shape index (κ3) is 15.8. The summed E-state index contributed by atoms with van der Waals surface area (Å²) in [6, 6.07) is 0. The van der Waals surface area contributed by atoms with Crippen molar-refractivity contribution in [3.05, 3.63) is 0 Å². The topological polar surface area (TPSA) is 88.7 Å². The molecule has 0 heterocycles. The molecule has 0 fully saturated rings. The summed E-state index contributed by atoms with van der Waals surface area (Å²) in [6.45, 7) is 12.6. The van der Waals surface area contributed by atoms with E-state index in [1.54, 1.807) is 0 Å². The number of hydrogen-bond donors (Lipinski definition) is 4. The van der Waals surface area contributed by atoms with E-state index < -0.39 is 0 Å². The second-order valence-corrected chi connectivity index (χ2v) is 7.09. The standard InChI is InChI=1S/C20H44N6O2/c1-5-13-25(14-6-2)17-18-26(15-7-19(27)23-11-9-21-3)16-8-20(28)24-12-10-22-4/h21-22H,5-18H2,1-4H3,(H,23,27)(H,24,28).